The van der Waals surface area contributed by atoms with Gasteiger partial charge in [0.2, 0.25) is 5.91 Å². The zero-order valence-corrected chi connectivity index (χ0v) is 13.7. The van der Waals surface area contributed by atoms with Gasteiger partial charge in [0.1, 0.15) is 0 Å². The van der Waals surface area contributed by atoms with E-state index in [1.54, 1.807) is 0 Å². The summed E-state index contributed by atoms with van der Waals surface area (Å²) in [5.41, 5.74) is 7.83. The third-order valence-corrected chi connectivity index (χ3v) is 4.30. The fraction of sp³-hybridized carbons (Fsp3) is 0.562. The van der Waals surface area contributed by atoms with Crippen molar-refractivity contribution < 1.29 is 4.79 Å². The molecule has 3 N–H and O–H groups in total. The van der Waals surface area contributed by atoms with Crippen molar-refractivity contribution >= 4 is 23.4 Å². The number of amides is 1. The molecule has 4 heteroatoms. The summed E-state index contributed by atoms with van der Waals surface area (Å²) >= 11 is 1.50. The molecule has 0 spiro atoms. The normalized spacial score (nSPS) is 12.4. The molecule has 0 aliphatic rings. The number of hydrogen-bond donors (Lipinski definition) is 2. The highest BCUT2D eigenvalue weighted by atomic mass is 32.2. The van der Waals surface area contributed by atoms with Gasteiger partial charge in [0.05, 0.1) is 5.75 Å². The Morgan fingerprint density at radius 1 is 1.30 bits per heavy atom. The molecule has 0 radical (unpaired) electrons. The Balaban J connectivity index is 2.38. The standard InChI is InChI=1S/C16H26N2OS/c1-11(2)8-9-13(4)18-15(19)10-20-14-7-5-6-12(3)16(14)17/h5-7,11,13H,8-10,17H2,1-4H3,(H,18,19). The summed E-state index contributed by atoms with van der Waals surface area (Å²) in [6.45, 7) is 8.44. The van der Waals surface area contributed by atoms with Crippen LogP contribution in [0.4, 0.5) is 5.69 Å². The number of rotatable bonds is 7. The number of carbonyl (C=O) groups excluding carboxylic acids is 1. The van der Waals surface area contributed by atoms with Crippen LogP contribution in [-0.2, 0) is 4.79 Å². The second-order valence-corrected chi connectivity index (χ2v) is 6.73. The fourth-order valence-electron chi connectivity index (χ4n) is 1.89. The Kier molecular flexibility index (Phi) is 6.93. The first-order valence-corrected chi connectivity index (χ1v) is 8.16. The summed E-state index contributed by atoms with van der Waals surface area (Å²) in [7, 11) is 0. The Bertz CT molecular complexity index is 446. The largest absolute Gasteiger partial charge is 0.398 e. The van der Waals surface area contributed by atoms with E-state index >= 15 is 0 Å². The first kappa shape index (κ1) is 16.9. The maximum absolute atomic E-state index is 11.9. The molecule has 3 nitrogen and oxygen atoms in total. The molecule has 0 aliphatic carbocycles. The van der Waals surface area contributed by atoms with Crippen molar-refractivity contribution in [1.82, 2.24) is 5.32 Å². The molecule has 1 atom stereocenters. The Morgan fingerprint density at radius 3 is 2.65 bits per heavy atom. The number of nitrogens with two attached hydrogens (primary N) is 1. The Hall–Kier alpha value is -1.16. The highest BCUT2D eigenvalue weighted by Crippen LogP contribution is 2.27. The molecule has 1 aromatic rings. The molecule has 0 aliphatic heterocycles. The highest BCUT2D eigenvalue weighted by molar-refractivity contribution is 8.00. The molecular weight excluding hydrogens is 268 g/mol. The molecule has 20 heavy (non-hydrogen) atoms. The molecular formula is C16H26N2OS. The molecule has 0 aromatic heterocycles. The van der Waals surface area contributed by atoms with E-state index in [-0.39, 0.29) is 11.9 Å². The topological polar surface area (TPSA) is 55.1 Å². The lowest BCUT2D eigenvalue weighted by Crippen LogP contribution is -2.34. The van der Waals surface area contributed by atoms with E-state index in [4.69, 9.17) is 5.73 Å². The van der Waals surface area contributed by atoms with Crippen LogP contribution in [0.1, 0.15) is 39.2 Å². The lowest BCUT2D eigenvalue weighted by Gasteiger charge is -2.15. The monoisotopic (exact) mass is 294 g/mol. The van der Waals surface area contributed by atoms with Crippen LogP contribution in [0.3, 0.4) is 0 Å². The van der Waals surface area contributed by atoms with Crippen molar-refractivity contribution in [2.24, 2.45) is 5.92 Å². The summed E-state index contributed by atoms with van der Waals surface area (Å²) in [5.74, 6) is 1.17. The van der Waals surface area contributed by atoms with Gasteiger partial charge in [0.15, 0.2) is 0 Å². The van der Waals surface area contributed by atoms with Crippen molar-refractivity contribution in [3.05, 3.63) is 23.8 Å². The zero-order chi connectivity index (χ0) is 15.1. The van der Waals surface area contributed by atoms with E-state index in [0.717, 1.165) is 29.0 Å². The first-order chi connectivity index (χ1) is 9.40. The maximum atomic E-state index is 11.9. The lowest BCUT2D eigenvalue weighted by atomic mass is 10.0. The van der Waals surface area contributed by atoms with Crippen LogP contribution in [0.5, 0.6) is 0 Å². The minimum absolute atomic E-state index is 0.0761. The van der Waals surface area contributed by atoms with E-state index in [0.29, 0.717) is 11.7 Å². The maximum Gasteiger partial charge on any atom is 0.230 e. The molecule has 1 amide bonds. The van der Waals surface area contributed by atoms with Gasteiger partial charge in [-0.15, -0.1) is 11.8 Å². The number of nitrogen functional groups attached to an aromatic ring is 1. The van der Waals surface area contributed by atoms with Crippen LogP contribution in [0.15, 0.2) is 23.1 Å². The van der Waals surface area contributed by atoms with Gasteiger partial charge in [-0.25, -0.2) is 0 Å². The van der Waals surface area contributed by atoms with E-state index in [2.05, 4.69) is 26.1 Å². The molecule has 0 saturated heterocycles. The van der Waals surface area contributed by atoms with Crippen LogP contribution < -0.4 is 11.1 Å². The predicted octanol–water partition coefficient (Wildman–Crippen LogP) is 3.61. The highest BCUT2D eigenvalue weighted by Gasteiger charge is 2.10. The van der Waals surface area contributed by atoms with E-state index < -0.39 is 0 Å². The SMILES string of the molecule is Cc1cccc(SCC(=O)NC(C)CCC(C)C)c1N. The number of thioether (sulfide) groups is 1. The summed E-state index contributed by atoms with van der Waals surface area (Å²) in [6, 6.07) is 6.15. The number of hydrogen-bond acceptors (Lipinski definition) is 3. The van der Waals surface area contributed by atoms with E-state index in [1.807, 2.05) is 25.1 Å². The molecule has 1 unspecified atom stereocenters. The number of anilines is 1. The van der Waals surface area contributed by atoms with Gasteiger partial charge in [-0.1, -0.05) is 26.0 Å². The van der Waals surface area contributed by atoms with Crippen LogP contribution in [0, 0.1) is 12.8 Å². The van der Waals surface area contributed by atoms with Crippen LogP contribution >= 0.6 is 11.8 Å². The van der Waals surface area contributed by atoms with Crippen molar-refractivity contribution in [3.8, 4) is 0 Å². The molecule has 0 saturated carbocycles. The van der Waals surface area contributed by atoms with Gasteiger partial charge in [-0.3, -0.25) is 4.79 Å². The van der Waals surface area contributed by atoms with Crippen molar-refractivity contribution in [2.45, 2.75) is 51.5 Å². The van der Waals surface area contributed by atoms with Crippen molar-refractivity contribution in [1.29, 1.82) is 0 Å². The van der Waals surface area contributed by atoms with E-state index in [9.17, 15) is 4.79 Å². The van der Waals surface area contributed by atoms with Crippen LogP contribution in [0.25, 0.3) is 0 Å². The van der Waals surface area contributed by atoms with Crippen molar-refractivity contribution in [2.75, 3.05) is 11.5 Å². The summed E-state index contributed by atoms with van der Waals surface area (Å²) in [4.78, 5) is 12.9. The van der Waals surface area contributed by atoms with Crippen LogP contribution in [0.2, 0.25) is 0 Å². The number of aryl methyl sites for hydroxylation is 1. The summed E-state index contributed by atoms with van der Waals surface area (Å²) in [5, 5.41) is 3.04. The van der Waals surface area contributed by atoms with Crippen LogP contribution in [-0.4, -0.2) is 17.7 Å². The second-order valence-electron chi connectivity index (χ2n) is 5.72. The average molecular weight is 294 g/mol. The molecule has 0 fully saturated rings. The number of benzene rings is 1. The fourth-order valence-corrected chi connectivity index (χ4v) is 2.76. The van der Waals surface area contributed by atoms with Gasteiger partial charge in [-0.05, 0) is 44.2 Å². The summed E-state index contributed by atoms with van der Waals surface area (Å²) in [6.07, 6.45) is 2.17. The van der Waals surface area contributed by atoms with Gasteiger partial charge >= 0.3 is 0 Å². The third-order valence-electron chi connectivity index (χ3n) is 3.23. The second kappa shape index (κ2) is 8.20. The minimum Gasteiger partial charge on any atom is -0.398 e. The van der Waals surface area contributed by atoms with Gasteiger partial charge in [-0.2, -0.15) is 0 Å². The molecule has 1 rings (SSSR count). The number of carbonyl (C=O) groups is 1. The lowest BCUT2D eigenvalue weighted by molar-refractivity contribution is -0.119. The van der Waals surface area contributed by atoms with Gasteiger partial charge in [0.25, 0.3) is 0 Å². The Morgan fingerprint density at radius 2 is 2.00 bits per heavy atom. The Labute approximate surface area is 126 Å². The van der Waals surface area contributed by atoms with Gasteiger partial charge < -0.3 is 11.1 Å². The molecule has 0 heterocycles. The number of para-hydroxylation sites is 1. The smallest absolute Gasteiger partial charge is 0.230 e. The molecule has 0 bridgehead atoms. The minimum atomic E-state index is 0.0761. The van der Waals surface area contributed by atoms with Gasteiger partial charge in [0, 0.05) is 16.6 Å². The number of nitrogens with one attached hydrogen (secondary N) is 1. The predicted molar refractivity (Wildman–Crippen MR) is 88.0 cm³/mol. The quantitative estimate of drug-likeness (QED) is 0.596. The summed E-state index contributed by atoms with van der Waals surface area (Å²) < 4.78 is 0. The molecule has 1 aromatic carbocycles. The average Bonchev–Trinajstić information content (AvgIpc) is 2.38. The zero-order valence-electron chi connectivity index (χ0n) is 12.9. The third kappa shape index (κ3) is 5.87. The van der Waals surface area contributed by atoms with E-state index in [1.165, 1.54) is 11.8 Å². The molecule has 112 valence electrons. The van der Waals surface area contributed by atoms with Crippen molar-refractivity contribution in [3.63, 3.8) is 0 Å². The first-order valence-electron chi connectivity index (χ1n) is 7.17.